The minimum absolute atomic E-state index is 0.0406. The highest BCUT2D eigenvalue weighted by Gasteiger charge is 2.73. The molecule has 16 heteroatoms. The number of hydrogen-bond acceptors (Lipinski definition) is 12. The molecule has 3 aromatic rings. The van der Waals surface area contributed by atoms with E-state index in [0.29, 0.717) is 31.2 Å². The molecule has 3 aromatic carbocycles. The lowest BCUT2D eigenvalue weighted by Crippen LogP contribution is -2.69. The number of amides is 2. The Balaban J connectivity index is 1.14. The Labute approximate surface area is 325 Å². The number of aliphatic hydroxyl groups is 2. The summed E-state index contributed by atoms with van der Waals surface area (Å²) >= 11 is 0. The van der Waals surface area contributed by atoms with Gasteiger partial charge in [0.15, 0.2) is 29.8 Å². The second-order valence-corrected chi connectivity index (χ2v) is 14.7. The van der Waals surface area contributed by atoms with Crippen LogP contribution in [0.5, 0.6) is 11.5 Å². The van der Waals surface area contributed by atoms with E-state index in [4.69, 9.17) is 14.2 Å². The molecule has 0 unspecified atom stereocenters. The molecule has 1 saturated carbocycles. The third kappa shape index (κ3) is 6.95. The van der Waals surface area contributed by atoms with Gasteiger partial charge < -0.3 is 50.4 Å². The predicted molar refractivity (Wildman–Crippen MR) is 194 cm³/mol. The molecule has 0 aromatic heterocycles. The number of aliphatic carboxylic acids is 2. The first kappa shape index (κ1) is 39.0. The number of phenols is 1. The zero-order chi connectivity index (χ0) is 40.6. The molecule has 7 N–H and O–H groups in total. The van der Waals surface area contributed by atoms with Gasteiger partial charge in [0.05, 0.1) is 18.3 Å². The summed E-state index contributed by atoms with van der Waals surface area (Å²) < 4.78 is 18.6. The highest BCUT2D eigenvalue weighted by Crippen LogP contribution is 2.68. The fourth-order valence-corrected chi connectivity index (χ4v) is 8.95. The van der Waals surface area contributed by atoms with E-state index in [1.54, 1.807) is 42.5 Å². The molecule has 2 bridgehead atoms. The van der Waals surface area contributed by atoms with E-state index < -0.39 is 89.9 Å². The number of aromatic hydroxyl groups is 1. The predicted octanol–water partition coefficient (Wildman–Crippen LogP) is 2.25. The Hall–Kier alpha value is -6.26. The Kier molecular flexibility index (Phi) is 10.5. The van der Waals surface area contributed by atoms with Gasteiger partial charge in [-0.05, 0) is 48.1 Å². The molecule has 4 aliphatic rings. The second kappa shape index (κ2) is 15.3. The molecule has 0 radical (unpaired) electrons. The average molecular weight is 785 g/mol. The van der Waals surface area contributed by atoms with Crippen LogP contribution in [0.4, 0.5) is 0 Å². The van der Waals surface area contributed by atoms with E-state index in [1.807, 2.05) is 0 Å². The molecule has 0 saturated heterocycles. The van der Waals surface area contributed by atoms with Crippen LogP contribution in [0.3, 0.4) is 0 Å². The smallest absolute Gasteiger partial charge is 0.326 e. The summed E-state index contributed by atoms with van der Waals surface area (Å²) in [6.45, 7) is 0. The van der Waals surface area contributed by atoms with Crippen molar-refractivity contribution in [2.75, 3.05) is 0 Å². The Morgan fingerprint density at radius 2 is 1.35 bits per heavy atom. The largest absolute Gasteiger partial charge is 0.504 e. The van der Waals surface area contributed by atoms with Gasteiger partial charge in [0.2, 0.25) is 0 Å². The van der Waals surface area contributed by atoms with E-state index >= 15 is 0 Å². The van der Waals surface area contributed by atoms with Crippen LogP contribution in [0.2, 0.25) is 0 Å². The highest BCUT2D eigenvalue weighted by molar-refractivity contribution is 5.90. The van der Waals surface area contributed by atoms with Crippen molar-refractivity contribution in [3.05, 3.63) is 107 Å². The van der Waals surface area contributed by atoms with Crippen LogP contribution in [0, 0.1) is 5.92 Å². The summed E-state index contributed by atoms with van der Waals surface area (Å²) in [4.78, 5) is 77.4. The lowest BCUT2D eigenvalue weighted by Gasteiger charge is -2.60. The standard InChI is InChI=1S/C41H40N2O14/c44-27-14-13-23-18-24-12-7-16-40-31(23)34(27)56-35(40)28(55-29(45)19-25(38(51)52)42-36(49)32(47)21-8-3-1-4-9-21)15-17-41(24,40)57-30(46)20-26(39(53)54)43-37(50)33(48)22-10-5-2-6-11-22/h1-6,8-11,13-15,24-26,32-33,35,44,47-48H,7,12,16-20H2,(H,42,49)(H,43,50)(H,51,52)(H,53,54)/t24-,25-,26-,32-,33-,35+,40+,41-/m0/s1. The molecule has 7 rings (SSSR count). The number of phenolic OH excluding ortho intramolecular Hbond substituents is 1. The molecule has 1 heterocycles. The number of carboxylic acids is 2. The van der Waals surface area contributed by atoms with Crippen LogP contribution < -0.4 is 15.4 Å². The van der Waals surface area contributed by atoms with Gasteiger partial charge in [0.1, 0.15) is 23.4 Å². The van der Waals surface area contributed by atoms with E-state index in [9.17, 15) is 54.3 Å². The second-order valence-electron chi connectivity index (χ2n) is 14.7. The normalized spacial score (nSPS) is 24.5. The van der Waals surface area contributed by atoms with Gasteiger partial charge >= 0.3 is 23.9 Å². The maximum absolute atomic E-state index is 13.9. The summed E-state index contributed by atoms with van der Waals surface area (Å²) in [5.74, 6) is -7.71. The number of hydrogen-bond donors (Lipinski definition) is 7. The number of rotatable bonds is 14. The van der Waals surface area contributed by atoms with Gasteiger partial charge in [-0.1, -0.05) is 73.2 Å². The fourth-order valence-electron chi connectivity index (χ4n) is 8.95. The minimum Gasteiger partial charge on any atom is -0.504 e. The van der Waals surface area contributed by atoms with E-state index in [0.717, 1.165) is 5.56 Å². The van der Waals surface area contributed by atoms with Crippen molar-refractivity contribution in [3.63, 3.8) is 0 Å². The molecule has 16 nitrogen and oxygen atoms in total. The maximum atomic E-state index is 13.9. The summed E-state index contributed by atoms with van der Waals surface area (Å²) in [6.07, 6.45) is -2.83. The first-order valence-electron chi connectivity index (χ1n) is 18.4. The van der Waals surface area contributed by atoms with Gasteiger partial charge in [-0.15, -0.1) is 0 Å². The molecule has 1 spiro atoms. The van der Waals surface area contributed by atoms with Crippen molar-refractivity contribution >= 4 is 35.7 Å². The Bertz CT molecular complexity index is 2140. The molecule has 8 atom stereocenters. The summed E-state index contributed by atoms with van der Waals surface area (Å²) in [5.41, 5.74) is -0.847. The van der Waals surface area contributed by atoms with Gasteiger partial charge in [0, 0.05) is 17.9 Å². The SMILES string of the molecule is O=C(C[C@H](NC(=O)[C@@H](O)c1ccccc1)C(=O)O)OC1=CC[C@]2(OC(=O)C[C@H](NC(=O)[C@@H](O)c3ccccc3)C(=O)O)[C@H]3CCC[C@]24c2c(ccc(O)c2O[C@H]14)C3. The van der Waals surface area contributed by atoms with Crippen LogP contribution >= 0.6 is 0 Å². The van der Waals surface area contributed by atoms with Gasteiger partial charge in [-0.2, -0.15) is 0 Å². The number of carbonyl (C=O) groups is 6. The Morgan fingerprint density at radius 1 is 0.789 bits per heavy atom. The van der Waals surface area contributed by atoms with Crippen LogP contribution in [-0.4, -0.2) is 85.0 Å². The van der Waals surface area contributed by atoms with E-state index in [2.05, 4.69) is 10.6 Å². The first-order chi connectivity index (χ1) is 27.3. The number of carboxylic acid groups (broad SMARTS) is 2. The van der Waals surface area contributed by atoms with Crippen molar-refractivity contribution in [2.24, 2.45) is 5.92 Å². The molecule has 1 fully saturated rings. The maximum Gasteiger partial charge on any atom is 0.326 e. The summed E-state index contributed by atoms with van der Waals surface area (Å²) in [7, 11) is 0. The van der Waals surface area contributed by atoms with Crippen molar-refractivity contribution < 1.29 is 68.5 Å². The number of esters is 2. The van der Waals surface area contributed by atoms with Crippen molar-refractivity contribution in [3.8, 4) is 11.5 Å². The average Bonchev–Trinajstić information content (AvgIpc) is 3.55. The van der Waals surface area contributed by atoms with Crippen LogP contribution in [0.25, 0.3) is 0 Å². The molecule has 2 amide bonds. The van der Waals surface area contributed by atoms with Crippen molar-refractivity contribution in [1.82, 2.24) is 10.6 Å². The van der Waals surface area contributed by atoms with Crippen LogP contribution in [-0.2, 0) is 50.1 Å². The van der Waals surface area contributed by atoms with Gasteiger partial charge in [-0.25, -0.2) is 9.59 Å². The van der Waals surface area contributed by atoms with E-state index in [-0.39, 0.29) is 40.7 Å². The summed E-state index contributed by atoms with van der Waals surface area (Å²) in [5, 5.41) is 56.3. The zero-order valence-electron chi connectivity index (χ0n) is 30.3. The van der Waals surface area contributed by atoms with Crippen LogP contribution in [0.1, 0.15) is 73.0 Å². The number of ether oxygens (including phenoxy) is 3. The third-order valence-electron chi connectivity index (χ3n) is 11.4. The number of carbonyl (C=O) groups excluding carboxylic acids is 4. The monoisotopic (exact) mass is 784 g/mol. The first-order valence-corrected chi connectivity index (χ1v) is 18.4. The molecule has 1 aliphatic heterocycles. The summed E-state index contributed by atoms with van der Waals surface area (Å²) in [6, 6.07) is 15.3. The highest BCUT2D eigenvalue weighted by atomic mass is 16.6. The molecule has 3 aliphatic carbocycles. The zero-order valence-corrected chi connectivity index (χ0v) is 30.3. The molecule has 298 valence electrons. The van der Waals surface area contributed by atoms with Crippen molar-refractivity contribution in [1.29, 1.82) is 0 Å². The molecular formula is C41H40N2O14. The number of aliphatic hydroxyl groups excluding tert-OH is 2. The van der Waals surface area contributed by atoms with Gasteiger partial charge in [-0.3, -0.25) is 19.2 Å². The minimum atomic E-state index is -1.78. The quantitative estimate of drug-likeness (QED) is 0.116. The fraction of sp³-hybridized carbons (Fsp3) is 0.366. The lowest BCUT2D eigenvalue weighted by molar-refractivity contribution is -0.201. The molecule has 57 heavy (non-hydrogen) atoms. The third-order valence-corrected chi connectivity index (χ3v) is 11.4. The van der Waals surface area contributed by atoms with Crippen molar-refractivity contribution in [2.45, 2.75) is 86.4 Å². The Morgan fingerprint density at radius 3 is 1.91 bits per heavy atom. The lowest BCUT2D eigenvalue weighted by atomic mass is 9.46. The van der Waals surface area contributed by atoms with Gasteiger partial charge in [0.25, 0.3) is 11.8 Å². The molecular weight excluding hydrogens is 744 g/mol. The van der Waals surface area contributed by atoms with E-state index in [1.165, 1.54) is 36.4 Å². The number of nitrogens with one attached hydrogen (secondary N) is 2. The number of benzene rings is 3. The van der Waals surface area contributed by atoms with Crippen LogP contribution in [0.15, 0.2) is 84.6 Å². The topological polar surface area (TPSA) is 255 Å².